The molecule has 1 amide bonds. The number of amides is 1. The molecule has 1 aromatic carbocycles. The molecule has 1 aliphatic heterocycles. The predicted octanol–water partition coefficient (Wildman–Crippen LogP) is 0.892. The van der Waals surface area contributed by atoms with Gasteiger partial charge in [0, 0.05) is 12.2 Å². The molecule has 4 heteroatoms. The Morgan fingerprint density at radius 1 is 1.29 bits per heavy atom. The Kier molecular flexibility index (Phi) is 3.64. The molecule has 1 heterocycles. The lowest BCUT2D eigenvalue weighted by Gasteiger charge is -2.16. The van der Waals surface area contributed by atoms with E-state index in [0.29, 0.717) is 0 Å². The average molecular weight is 233 g/mol. The lowest BCUT2D eigenvalue weighted by molar-refractivity contribution is -0.117. The number of nitrogen functional groups attached to an aromatic ring is 1. The lowest BCUT2D eigenvalue weighted by Crippen LogP contribution is -2.19. The monoisotopic (exact) mass is 233 g/mol. The highest BCUT2D eigenvalue weighted by Crippen LogP contribution is 2.19. The molecule has 0 saturated carbocycles. The van der Waals surface area contributed by atoms with E-state index in [0.717, 1.165) is 36.4 Å². The van der Waals surface area contributed by atoms with E-state index in [9.17, 15) is 4.79 Å². The number of benzene rings is 1. The van der Waals surface area contributed by atoms with E-state index in [1.54, 1.807) is 0 Å². The summed E-state index contributed by atoms with van der Waals surface area (Å²) in [6.45, 7) is 3.22. The zero-order valence-electron chi connectivity index (χ0n) is 9.98. The minimum absolute atomic E-state index is 0.258. The quantitative estimate of drug-likeness (QED) is 0.759. The second-order valence-electron chi connectivity index (χ2n) is 4.66. The number of rotatable bonds is 4. The normalized spacial score (nSPS) is 16.2. The van der Waals surface area contributed by atoms with Crippen LogP contribution in [-0.4, -0.2) is 23.9 Å². The number of hydrogen-bond acceptors (Lipinski definition) is 3. The molecule has 0 unspecified atom stereocenters. The summed E-state index contributed by atoms with van der Waals surface area (Å²) in [6.07, 6.45) is 2.81. The van der Waals surface area contributed by atoms with Crippen molar-refractivity contribution in [1.82, 2.24) is 4.90 Å². The Bertz CT molecular complexity index is 411. The van der Waals surface area contributed by atoms with E-state index in [1.807, 2.05) is 18.2 Å². The average Bonchev–Trinajstić information content (AvgIpc) is 2.74. The second kappa shape index (κ2) is 5.19. The van der Waals surface area contributed by atoms with Crippen molar-refractivity contribution in [2.75, 3.05) is 18.8 Å². The Balaban J connectivity index is 2.05. The van der Waals surface area contributed by atoms with Crippen molar-refractivity contribution in [2.24, 2.45) is 5.73 Å². The molecule has 1 aliphatic rings. The van der Waals surface area contributed by atoms with Crippen LogP contribution in [-0.2, 0) is 17.8 Å². The molecular weight excluding hydrogens is 214 g/mol. The van der Waals surface area contributed by atoms with Gasteiger partial charge in [0.2, 0.25) is 5.91 Å². The van der Waals surface area contributed by atoms with Crippen molar-refractivity contribution in [2.45, 2.75) is 25.8 Å². The van der Waals surface area contributed by atoms with Crippen LogP contribution in [0.4, 0.5) is 5.69 Å². The van der Waals surface area contributed by atoms with Crippen LogP contribution in [0.1, 0.15) is 24.0 Å². The van der Waals surface area contributed by atoms with Gasteiger partial charge in [0.25, 0.3) is 0 Å². The number of carbonyl (C=O) groups is 1. The van der Waals surface area contributed by atoms with Crippen molar-refractivity contribution in [3.63, 3.8) is 0 Å². The first-order valence-electron chi connectivity index (χ1n) is 6.03. The number of hydrogen-bond donors (Lipinski definition) is 2. The molecule has 1 fully saturated rings. The number of nitrogens with two attached hydrogens (primary N) is 2. The summed E-state index contributed by atoms with van der Waals surface area (Å²) in [5, 5.41) is 0. The summed E-state index contributed by atoms with van der Waals surface area (Å²) < 4.78 is 0. The third kappa shape index (κ3) is 3.20. The van der Waals surface area contributed by atoms with Gasteiger partial charge in [-0.25, -0.2) is 0 Å². The van der Waals surface area contributed by atoms with E-state index in [4.69, 9.17) is 11.5 Å². The summed E-state index contributed by atoms with van der Waals surface area (Å²) in [4.78, 5) is 13.2. The first-order chi connectivity index (χ1) is 8.15. The van der Waals surface area contributed by atoms with Crippen molar-refractivity contribution < 1.29 is 4.79 Å². The minimum atomic E-state index is -0.323. The molecule has 4 N–H and O–H groups in total. The number of primary amides is 1. The number of likely N-dealkylation sites (tertiary alicyclic amines) is 1. The highest BCUT2D eigenvalue weighted by molar-refractivity contribution is 5.77. The summed E-state index contributed by atoms with van der Waals surface area (Å²) in [5.74, 6) is -0.323. The Labute approximate surface area is 102 Å². The van der Waals surface area contributed by atoms with Crippen molar-refractivity contribution in [3.8, 4) is 0 Å². The molecule has 92 valence electrons. The van der Waals surface area contributed by atoms with Crippen molar-refractivity contribution in [1.29, 1.82) is 0 Å². The molecule has 1 saturated heterocycles. The van der Waals surface area contributed by atoms with Crippen molar-refractivity contribution in [3.05, 3.63) is 29.3 Å². The molecule has 1 aromatic rings. The van der Waals surface area contributed by atoms with Crippen LogP contribution in [0.2, 0.25) is 0 Å². The third-order valence-electron chi connectivity index (χ3n) is 3.18. The van der Waals surface area contributed by atoms with Crippen LogP contribution < -0.4 is 11.5 Å². The molecule has 4 nitrogen and oxygen atoms in total. The zero-order valence-corrected chi connectivity index (χ0v) is 9.98. The maximum Gasteiger partial charge on any atom is 0.221 e. The van der Waals surface area contributed by atoms with Gasteiger partial charge in [0.05, 0.1) is 6.42 Å². The summed E-state index contributed by atoms with van der Waals surface area (Å²) in [6, 6.07) is 5.80. The van der Waals surface area contributed by atoms with E-state index < -0.39 is 0 Å². The summed E-state index contributed by atoms with van der Waals surface area (Å²) in [7, 11) is 0. The minimum Gasteiger partial charge on any atom is -0.398 e. The lowest BCUT2D eigenvalue weighted by atomic mass is 10.1. The fourth-order valence-electron chi connectivity index (χ4n) is 2.28. The molecule has 0 spiro atoms. The molecule has 0 atom stereocenters. The molecule has 17 heavy (non-hydrogen) atoms. The maximum atomic E-state index is 10.8. The molecule has 2 rings (SSSR count). The van der Waals surface area contributed by atoms with Gasteiger partial charge in [-0.2, -0.15) is 0 Å². The number of carbonyl (C=O) groups excluding carboxylic acids is 1. The molecule has 0 radical (unpaired) electrons. The van der Waals surface area contributed by atoms with Crippen LogP contribution in [0.15, 0.2) is 18.2 Å². The fraction of sp³-hybridized carbons (Fsp3) is 0.462. The van der Waals surface area contributed by atoms with Gasteiger partial charge in [-0.05, 0) is 43.1 Å². The largest absolute Gasteiger partial charge is 0.398 e. The maximum absolute atomic E-state index is 10.8. The van der Waals surface area contributed by atoms with Gasteiger partial charge in [-0.1, -0.05) is 12.1 Å². The molecule has 0 aromatic heterocycles. The Morgan fingerprint density at radius 2 is 2.00 bits per heavy atom. The van der Waals surface area contributed by atoms with E-state index in [-0.39, 0.29) is 12.3 Å². The molecule has 0 aliphatic carbocycles. The van der Waals surface area contributed by atoms with Crippen LogP contribution in [0.25, 0.3) is 0 Å². The summed E-state index contributed by atoms with van der Waals surface area (Å²) >= 11 is 0. The first-order valence-corrected chi connectivity index (χ1v) is 6.03. The Morgan fingerprint density at radius 3 is 2.59 bits per heavy atom. The van der Waals surface area contributed by atoms with E-state index in [2.05, 4.69) is 4.90 Å². The second-order valence-corrected chi connectivity index (χ2v) is 4.66. The number of nitrogens with zero attached hydrogens (tertiary/aromatic N) is 1. The Hall–Kier alpha value is -1.55. The third-order valence-corrected chi connectivity index (χ3v) is 3.18. The highest BCUT2D eigenvalue weighted by atomic mass is 16.1. The predicted molar refractivity (Wildman–Crippen MR) is 68.3 cm³/mol. The SMILES string of the molecule is NC(=O)Cc1ccc(CN2CCCC2)c(N)c1. The summed E-state index contributed by atoms with van der Waals surface area (Å²) in [5.41, 5.74) is 13.9. The molecule has 0 bridgehead atoms. The van der Waals surface area contributed by atoms with Gasteiger partial charge >= 0.3 is 0 Å². The topological polar surface area (TPSA) is 72.4 Å². The zero-order chi connectivity index (χ0) is 12.3. The smallest absolute Gasteiger partial charge is 0.221 e. The van der Waals surface area contributed by atoms with E-state index in [1.165, 1.54) is 12.8 Å². The fourth-order valence-corrected chi connectivity index (χ4v) is 2.28. The number of anilines is 1. The van der Waals surface area contributed by atoms with Crippen LogP contribution in [0.3, 0.4) is 0 Å². The van der Waals surface area contributed by atoms with Crippen molar-refractivity contribution >= 4 is 11.6 Å². The first kappa shape index (κ1) is 11.9. The highest BCUT2D eigenvalue weighted by Gasteiger charge is 2.13. The standard InChI is InChI=1S/C13H19N3O/c14-12-7-10(8-13(15)17)3-4-11(12)9-16-5-1-2-6-16/h3-4,7H,1-2,5-6,8-9,14H2,(H2,15,17). The van der Waals surface area contributed by atoms with Crippen LogP contribution >= 0.6 is 0 Å². The van der Waals surface area contributed by atoms with E-state index >= 15 is 0 Å². The van der Waals surface area contributed by atoms with Gasteiger partial charge in [-0.15, -0.1) is 0 Å². The molecular formula is C13H19N3O. The van der Waals surface area contributed by atoms with Crippen LogP contribution in [0, 0.1) is 0 Å². The van der Waals surface area contributed by atoms with Crippen LogP contribution in [0.5, 0.6) is 0 Å². The van der Waals surface area contributed by atoms with Gasteiger partial charge in [0.15, 0.2) is 0 Å². The van der Waals surface area contributed by atoms with Gasteiger partial charge in [0.1, 0.15) is 0 Å². The van der Waals surface area contributed by atoms with Gasteiger partial charge in [-0.3, -0.25) is 9.69 Å². The van der Waals surface area contributed by atoms with Gasteiger partial charge < -0.3 is 11.5 Å².